The molecule has 0 saturated heterocycles. The summed E-state index contributed by atoms with van der Waals surface area (Å²) < 4.78 is 0. The van der Waals surface area contributed by atoms with Crippen molar-refractivity contribution in [3.63, 3.8) is 0 Å². The minimum atomic E-state index is -2.08. The Kier molecular flexibility index (Phi) is 4.90. The van der Waals surface area contributed by atoms with Crippen molar-refractivity contribution >= 4 is 23.2 Å². The van der Waals surface area contributed by atoms with Gasteiger partial charge in [0.1, 0.15) is 23.2 Å². The zero-order valence-corrected chi connectivity index (χ0v) is 14.4. The molecule has 24 heavy (non-hydrogen) atoms. The normalized spacial score (nSPS) is 10.8. The maximum absolute atomic E-state index is 9.35. The summed E-state index contributed by atoms with van der Waals surface area (Å²) in [7, 11) is -2.08. The number of hydrogen-bond acceptors (Lipinski definition) is 1. The van der Waals surface area contributed by atoms with Gasteiger partial charge in [0.2, 0.25) is 0 Å². The van der Waals surface area contributed by atoms with Crippen LogP contribution in [0.1, 0.15) is 6.42 Å². The second-order valence-corrected chi connectivity index (χ2v) is 9.10. The largest absolute Gasteiger partial charge is 0.198 e. The van der Waals surface area contributed by atoms with Crippen LogP contribution in [0.25, 0.3) is 0 Å². The number of rotatable bonds is 5. The molecule has 0 bridgehead atoms. The van der Waals surface area contributed by atoms with Crippen molar-refractivity contribution in [1.82, 2.24) is 0 Å². The Morgan fingerprint density at radius 1 is 0.708 bits per heavy atom. The first-order valence-corrected chi connectivity index (χ1v) is 9.70. The summed E-state index contributed by atoms with van der Waals surface area (Å²) in [5.41, 5.74) is 0. The van der Waals surface area contributed by atoms with Crippen molar-refractivity contribution in [2.75, 3.05) is 0 Å². The highest BCUT2D eigenvalue weighted by Gasteiger charge is 2.48. The Morgan fingerprint density at radius 2 is 1.04 bits per heavy atom. The Morgan fingerprint density at radius 3 is 1.33 bits per heavy atom. The first kappa shape index (κ1) is 16.2. The minimum Gasteiger partial charge on any atom is -0.198 e. The highest BCUT2D eigenvalue weighted by Crippen LogP contribution is 2.62. The van der Waals surface area contributed by atoms with Gasteiger partial charge < -0.3 is 0 Å². The van der Waals surface area contributed by atoms with Gasteiger partial charge in [-0.3, -0.25) is 0 Å². The molecule has 0 amide bonds. The maximum Gasteiger partial charge on any atom is 0.140 e. The van der Waals surface area contributed by atoms with Crippen molar-refractivity contribution < 1.29 is 0 Å². The molecule has 2 heteroatoms. The summed E-state index contributed by atoms with van der Waals surface area (Å²) in [6.07, 6.45) is 0.354. The summed E-state index contributed by atoms with van der Waals surface area (Å²) in [6.45, 7) is 4.37. The monoisotopic (exact) mass is 328 g/mol. The zero-order valence-electron chi connectivity index (χ0n) is 13.5. The average molecular weight is 328 g/mol. The number of hydrogen-bond donors (Lipinski definition) is 0. The molecule has 0 aliphatic carbocycles. The highest BCUT2D eigenvalue weighted by molar-refractivity contribution is 7.99. The molecule has 3 aromatic rings. The summed E-state index contributed by atoms with van der Waals surface area (Å²) in [4.78, 5) is 0. The van der Waals surface area contributed by atoms with E-state index in [4.69, 9.17) is 0 Å². The van der Waals surface area contributed by atoms with E-state index in [1.165, 1.54) is 15.9 Å². The molecule has 116 valence electrons. The topological polar surface area (TPSA) is 23.8 Å². The molecule has 3 rings (SSSR count). The molecule has 0 heterocycles. The molecule has 0 spiro atoms. The van der Waals surface area contributed by atoms with E-state index in [1.807, 2.05) is 18.2 Å². The molecule has 0 aliphatic heterocycles. The molecule has 1 nitrogen and oxygen atoms in total. The van der Waals surface area contributed by atoms with E-state index in [0.29, 0.717) is 6.42 Å². The SMILES string of the molecule is C=C(CC#N)[P+](c1ccccc1)(c1ccccc1)c1ccccc1. The van der Waals surface area contributed by atoms with E-state index in [9.17, 15) is 5.26 Å². The third kappa shape index (κ3) is 2.78. The van der Waals surface area contributed by atoms with E-state index in [-0.39, 0.29) is 0 Å². The predicted molar refractivity (Wildman–Crippen MR) is 105 cm³/mol. The lowest BCUT2D eigenvalue weighted by atomic mass is 10.3. The molecule has 0 fully saturated rings. The number of nitriles is 1. The van der Waals surface area contributed by atoms with Crippen LogP contribution in [0.4, 0.5) is 0 Å². The second kappa shape index (κ2) is 7.26. The summed E-state index contributed by atoms with van der Waals surface area (Å²) in [6, 6.07) is 33.8. The van der Waals surface area contributed by atoms with Gasteiger partial charge in [0.25, 0.3) is 0 Å². The summed E-state index contributed by atoms with van der Waals surface area (Å²) >= 11 is 0. The van der Waals surface area contributed by atoms with Gasteiger partial charge in [-0.05, 0) is 36.4 Å². The van der Waals surface area contributed by atoms with Crippen molar-refractivity contribution in [3.05, 3.63) is 103 Å². The molecule has 0 atom stereocenters. The van der Waals surface area contributed by atoms with Gasteiger partial charge in [0.15, 0.2) is 0 Å². The first-order valence-electron chi connectivity index (χ1n) is 7.91. The Labute approximate surface area is 144 Å². The lowest BCUT2D eigenvalue weighted by molar-refractivity contribution is 1.33. The Bertz CT molecular complexity index is 752. The van der Waals surface area contributed by atoms with E-state index in [2.05, 4.69) is 85.4 Å². The van der Waals surface area contributed by atoms with Crippen LogP contribution in [-0.4, -0.2) is 0 Å². The fourth-order valence-corrected chi connectivity index (χ4v) is 7.32. The zero-order chi connectivity index (χ0) is 16.8. The van der Waals surface area contributed by atoms with E-state index in [0.717, 1.165) is 5.31 Å². The van der Waals surface area contributed by atoms with Gasteiger partial charge in [0, 0.05) is 0 Å². The van der Waals surface area contributed by atoms with Crippen molar-refractivity contribution in [3.8, 4) is 6.07 Å². The second-order valence-electron chi connectivity index (χ2n) is 5.58. The highest BCUT2D eigenvalue weighted by atomic mass is 31.2. The van der Waals surface area contributed by atoms with Crippen LogP contribution in [0.3, 0.4) is 0 Å². The lowest BCUT2D eigenvalue weighted by Crippen LogP contribution is -2.32. The van der Waals surface area contributed by atoms with Crippen LogP contribution < -0.4 is 15.9 Å². The number of allylic oxidation sites excluding steroid dienone is 1. The van der Waals surface area contributed by atoms with Crippen molar-refractivity contribution in [1.29, 1.82) is 5.26 Å². The van der Waals surface area contributed by atoms with Gasteiger partial charge in [-0.15, -0.1) is 0 Å². The van der Waals surface area contributed by atoms with Crippen LogP contribution in [0, 0.1) is 11.3 Å². The third-order valence-corrected chi connectivity index (χ3v) is 8.51. The number of nitrogens with zero attached hydrogens (tertiary/aromatic N) is 1. The lowest BCUT2D eigenvalue weighted by Gasteiger charge is -2.28. The third-order valence-electron chi connectivity index (χ3n) is 4.19. The molecule has 0 N–H and O–H groups in total. The van der Waals surface area contributed by atoms with E-state index in [1.54, 1.807) is 0 Å². The standard InChI is InChI=1S/C22H19NP/c1-19(17-18-23)24(20-11-5-2-6-12-20,21-13-7-3-8-14-21)22-15-9-4-10-16-22/h2-16H,1,17H2/q+1. The van der Waals surface area contributed by atoms with Crippen LogP contribution in [0.15, 0.2) is 103 Å². The minimum absolute atomic E-state index is 0.354. The molecular formula is C22H19NP+. The summed E-state index contributed by atoms with van der Waals surface area (Å²) in [5.74, 6) is 0. The number of benzene rings is 3. The van der Waals surface area contributed by atoms with Gasteiger partial charge in [-0.1, -0.05) is 61.2 Å². The Hall–Kier alpha value is -2.68. The predicted octanol–water partition coefficient (Wildman–Crippen LogP) is 4.41. The maximum atomic E-state index is 9.35. The molecule has 0 unspecified atom stereocenters. The fourth-order valence-electron chi connectivity index (χ4n) is 3.16. The first-order chi connectivity index (χ1) is 11.8. The molecular weight excluding hydrogens is 309 g/mol. The van der Waals surface area contributed by atoms with Crippen LogP contribution in [0.2, 0.25) is 0 Å². The quantitative estimate of drug-likeness (QED) is 0.637. The van der Waals surface area contributed by atoms with E-state index < -0.39 is 7.26 Å². The van der Waals surface area contributed by atoms with Gasteiger partial charge >= 0.3 is 0 Å². The Balaban J connectivity index is 2.38. The smallest absolute Gasteiger partial charge is 0.140 e. The van der Waals surface area contributed by atoms with Crippen molar-refractivity contribution in [2.24, 2.45) is 0 Å². The van der Waals surface area contributed by atoms with E-state index >= 15 is 0 Å². The molecule has 0 aromatic heterocycles. The van der Waals surface area contributed by atoms with Gasteiger partial charge in [-0.2, -0.15) is 5.26 Å². The van der Waals surface area contributed by atoms with Crippen molar-refractivity contribution in [2.45, 2.75) is 6.42 Å². The van der Waals surface area contributed by atoms with Gasteiger partial charge in [0.05, 0.1) is 17.8 Å². The average Bonchev–Trinajstić information content (AvgIpc) is 2.65. The molecule has 0 aliphatic rings. The van der Waals surface area contributed by atoms with Gasteiger partial charge in [-0.25, -0.2) is 0 Å². The van der Waals surface area contributed by atoms with Crippen LogP contribution >= 0.6 is 7.26 Å². The molecule has 3 aromatic carbocycles. The van der Waals surface area contributed by atoms with Crippen LogP contribution in [0.5, 0.6) is 0 Å². The molecule has 0 saturated carbocycles. The molecule has 0 radical (unpaired) electrons. The summed E-state index contributed by atoms with van der Waals surface area (Å²) in [5, 5.41) is 14.1. The fraction of sp³-hybridized carbons (Fsp3) is 0.0455. The van der Waals surface area contributed by atoms with Crippen LogP contribution in [-0.2, 0) is 0 Å².